The third-order valence-electron chi connectivity index (χ3n) is 9.84. The van der Waals surface area contributed by atoms with Gasteiger partial charge in [0, 0.05) is 24.1 Å². The molecule has 10 nitrogen and oxygen atoms in total. The lowest BCUT2D eigenvalue weighted by molar-refractivity contribution is -0.384. The molecule has 6 aromatic carbocycles. The van der Waals surface area contributed by atoms with E-state index in [-0.39, 0.29) is 23.2 Å². The molecular weight excluding hydrogens is 675 g/mol. The second-order valence-electron chi connectivity index (χ2n) is 13.1. The van der Waals surface area contributed by atoms with Crippen LogP contribution >= 0.6 is 0 Å². The second kappa shape index (κ2) is 14.5. The zero-order valence-corrected chi connectivity index (χ0v) is 29.5. The zero-order valence-electron chi connectivity index (χ0n) is 29.5. The normalized spacial score (nSPS) is 11.5. The molecule has 0 saturated carbocycles. The van der Waals surface area contributed by atoms with Gasteiger partial charge < -0.3 is 0 Å². The van der Waals surface area contributed by atoms with Crippen LogP contribution in [-0.4, -0.2) is 34.7 Å². The van der Waals surface area contributed by atoms with E-state index in [1.165, 1.54) is 12.1 Å². The summed E-state index contributed by atoms with van der Waals surface area (Å²) >= 11 is 0. The molecular formula is C44H35N7O3. The molecule has 264 valence electrons. The molecule has 0 atom stereocenters. The Morgan fingerprint density at radius 1 is 0.704 bits per heavy atom. The molecule has 0 amide bonds. The van der Waals surface area contributed by atoms with E-state index < -0.39 is 10.5 Å². The lowest BCUT2D eigenvalue weighted by Crippen LogP contribution is -2.39. The lowest BCUT2D eigenvalue weighted by atomic mass is 9.77. The molecule has 8 aromatic rings. The van der Waals surface area contributed by atoms with Gasteiger partial charge in [-0.15, -0.1) is 5.10 Å². The number of nitrogens with zero attached hydrogens (tertiary/aromatic N) is 7. The van der Waals surface area contributed by atoms with E-state index in [1.807, 2.05) is 109 Å². The molecule has 2 aromatic heterocycles. The molecule has 54 heavy (non-hydrogen) atoms. The van der Waals surface area contributed by atoms with Gasteiger partial charge in [-0.25, -0.2) is 9.67 Å². The van der Waals surface area contributed by atoms with Gasteiger partial charge in [0.15, 0.2) is 5.82 Å². The first kappa shape index (κ1) is 34.0. The maximum atomic E-state index is 13.8. The van der Waals surface area contributed by atoms with Crippen LogP contribution in [0.2, 0.25) is 0 Å². The van der Waals surface area contributed by atoms with Gasteiger partial charge in [-0.1, -0.05) is 146 Å². The van der Waals surface area contributed by atoms with Gasteiger partial charge >= 0.3 is 0 Å². The molecule has 0 fully saturated rings. The molecule has 0 unspecified atom stereocenters. The molecule has 0 saturated heterocycles. The Morgan fingerprint density at radius 3 is 1.85 bits per heavy atom. The SMILES string of the molecule is CCCc1nc2ccc([N+](=O)[O-])cc2c(=O)n1Cc1ccc(-c2ccccc2-c2nnnn2C(c2ccccc2)(c2ccccc2)c2ccccc2)cc1. The Morgan fingerprint density at radius 2 is 1.28 bits per heavy atom. The number of aromatic nitrogens is 6. The van der Waals surface area contributed by atoms with E-state index in [1.54, 1.807) is 10.6 Å². The zero-order chi connectivity index (χ0) is 37.1. The van der Waals surface area contributed by atoms with Crippen molar-refractivity contribution in [1.29, 1.82) is 0 Å². The van der Waals surface area contributed by atoms with Crippen LogP contribution < -0.4 is 5.56 Å². The fourth-order valence-corrected chi connectivity index (χ4v) is 7.33. The molecule has 0 aliphatic carbocycles. The predicted octanol–water partition coefficient (Wildman–Crippen LogP) is 8.47. The first-order valence-corrected chi connectivity index (χ1v) is 17.8. The van der Waals surface area contributed by atoms with Crippen LogP contribution in [0.4, 0.5) is 5.69 Å². The van der Waals surface area contributed by atoms with E-state index in [2.05, 4.69) is 52.8 Å². The summed E-state index contributed by atoms with van der Waals surface area (Å²) in [5.74, 6) is 1.24. The fraction of sp³-hybridized carbons (Fsp3) is 0.114. The van der Waals surface area contributed by atoms with E-state index >= 15 is 0 Å². The first-order chi connectivity index (χ1) is 26.5. The Balaban J connectivity index is 1.23. The summed E-state index contributed by atoms with van der Waals surface area (Å²) in [7, 11) is 0. The number of nitro groups is 1. The van der Waals surface area contributed by atoms with Crippen molar-refractivity contribution in [2.24, 2.45) is 0 Å². The van der Waals surface area contributed by atoms with Crippen LogP contribution in [0, 0.1) is 10.1 Å². The highest BCUT2D eigenvalue weighted by Gasteiger charge is 2.42. The third-order valence-corrected chi connectivity index (χ3v) is 9.84. The maximum Gasteiger partial charge on any atom is 0.270 e. The van der Waals surface area contributed by atoms with Crippen LogP contribution in [-0.2, 0) is 18.5 Å². The monoisotopic (exact) mass is 709 g/mol. The van der Waals surface area contributed by atoms with Crippen LogP contribution in [0.3, 0.4) is 0 Å². The molecule has 0 aliphatic heterocycles. The Labute approximate surface area is 311 Å². The lowest BCUT2D eigenvalue weighted by Gasteiger charge is -2.36. The van der Waals surface area contributed by atoms with Gasteiger partial charge in [-0.05, 0) is 56.3 Å². The quantitative estimate of drug-likeness (QED) is 0.0750. The Bertz CT molecular complexity index is 2540. The van der Waals surface area contributed by atoms with Crippen molar-refractivity contribution < 1.29 is 4.92 Å². The molecule has 2 heterocycles. The van der Waals surface area contributed by atoms with Crippen molar-refractivity contribution in [3.63, 3.8) is 0 Å². The van der Waals surface area contributed by atoms with Crippen molar-refractivity contribution in [1.82, 2.24) is 29.8 Å². The van der Waals surface area contributed by atoms with Gasteiger partial charge in [0.05, 0.1) is 22.4 Å². The number of non-ortho nitro benzene ring substituents is 1. The second-order valence-corrected chi connectivity index (χ2v) is 13.1. The summed E-state index contributed by atoms with van der Waals surface area (Å²) < 4.78 is 3.56. The number of hydrogen-bond donors (Lipinski definition) is 0. The topological polar surface area (TPSA) is 122 Å². The highest BCUT2D eigenvalue weighted by Crippen LogP contribution is 2.43. The summed E-state index contributed by atoms with van der Waals surface area (Å²) in [6.07, 6.45) is 1.39. The number of tetrazole rings is 1. The van der Waals surface area contributed by atoms with Crippen molar-refractivity contribution in [3.8, 4) is 22.5 Å². The van der Waals surface area contributed by atoms with Gasteiger partial charge in [0.2, 0.25) is 0 Å². The Hall–Kier alpha value is -7.07. The van der Waals surface area contributed by atoms with Crippen molar-refractivity contribution in [3.05, 3.63) is 206 Å². The summed E-state index contributed by atoms with van der Waals surface area (Å²) in [5.41, 5.74) is 5.76. The van der Waals surface area contributed by atoms with E-state index in [0.717, 1.165) is 45.4 Å². The number of benzene rings is 6. The van der Waals surface area contributed by atoms with Gasteiger partial charge in [-0.3, -0.25) is 19.5 Å². The van der Waals surface area contributed by atoms with Crippen molar-refractivity contribution >= 4 is 16.6 Å². The summed E-state index contributed by atoms with van der Waals surface area (Å²) in [6.45, 7) is 2.30. The molecule has 0 radical (unpaired) electrons. The average Bonchev–Trinajstić information content (AvgIpc) is 3.71. The van der Waals surface area contributed by atoms with Crippen LogP contribution in [0.5, 0.6) is 0 Å². The molecule has 8 rings (SSSR count). The molecule has 10 heteroatoms. The molecule has 0 bridgehead atoms. The predicted molar refractivity (Wildman–Crippen MR) is 209 cm³/mol. The first-order valence-electron chi connectivity index (χ1n) is 17.8. The fourth-order valence-electron chi connectivity index (χ4n) is 7.33. The molecule has 0 N–H and O–H groups in total. The highest BCUT2D eigenvalue weighted by molar-refractivity contribution is 5.82. The van der Waals surface area contributed by atoms with Gasteiger partial charge in [0.1, 0.15) is 11.4 Å². The highest BCUT2D eigenvalue weighted by atomic mass is 16.6. The van der Waals surface area contributed by atoms with Crippen molar-refractivity contribution in [2.45, 2.75) is 31.8 Å². The van der Waals surface area contributed by atoms with E-state index in [4.69, 9.17) is 10.2 Å². The maximum absolute atomic E-state index is 13.8. The minimum absolute atomic E-state index is 0.140. The number of hydrogen-bond acceptors (Lipinski definition) is 7. The van der Waals surface area contributed by atoms with Crippen molar-refractivity contribution in [2.75, 3.05) is 0 Å². The molecule has 0 spiro atoms. The average molecular weight is 710 g/mol. The summed E-state index contributed by atoms with van der Waals surface area (Å²) in [6, 6.07) is 51.3. The minimum atomic E-state index is -0.905. The van der Waals surface area contributed by atoms with E-state index in [9.17, 15) is 14.9 Å². The number of fused-ring (bicyclic) bond motifs is 1. The number of aryl methyl sites for hydroxylation is 1. The minimum Gasteiger partial charge on any atom is -0.292 e. The third kappa shape index (κ3) is 6.03. The number of rotatable bonds is 11. The number of nitro benzene ring substituents is 1. The summed E-state index contributed by atoms with van der Waals surface area (Å²) in [5, 5.41) is 25.4. The Kier molecular flexibility index (Phi) is 9.15. The summed E-state index contributed by atoms with van der Waals surface area (Å²) in [4.78, 5) is 29.5. The van der Waals surface area contributed by atoms with Crippen LogP contribution in [0.15, 0.2) is 163 Å². The van der Waals surface area contributed by atoms with Crippen LogP contribution in [0.25, 0.3) is 33.4 Å². The smallest absolute Gasteiger partial charge is 0.270 e. The largest absolute Gasteiger partial charge is 0.292 e. The van der Waals surface area contributed by atoms with E-state index in [0.29, 0.717) is 23.6 Å². The van der Waals surface area contributed by atoms with Crippen LogP contribution in [0.1, 0.15) is 41.4 Å². The standard InChI is InChI=1S/C44H35N7O3/c1-2-14-41-45-40-28-27-36(51(53)54)29-39(40)43(52)49(41)30-31-23-25-32(26-24-31)37-21-12-13-22-38(37)42-46-47-48-50(42)44(33-15-6-3-7-16-33,34-17-8-4-9-18-34)35-19-10-5-11-20-35/h3-13,15-29H,2,14,30H2,1H3. The van der Waals surface area contributed by atoms with Gasteiger partial charge in [-0.2, -0.15) is 0 Å². The van der Waals surface area contributed by atoms with Gasteiger partial charge in [0.25, 0.3) is 11.2 Å². The molecule has 0 aliphatic rings.